The SMILES string of the molecule is O=[N+]([O-])c1[nH]ncc1N1CCNCC1. The van der Waals surface area contributed by atoms with Crippen molar-refractivity contribution in [2.24, 2.45) is 0 Å². The van der Waals surface area contributed by atoms with Crippen LogP contribution in [0.1, 0.15) is 0 Å². The van der Waals surface area contributed by atoms with Crippen molar-refractivity contribution in [1.29, 1.82) is 0 Å². The molecule has 1 aromatic heterocycles. The fourth-order valence-electron chi connectivity index (χ4n) is 1.54. The van der Waals surface area contributed by atoms with E-state index in [-0.39, 0.29) is 5.82 Å². The number of anilines is 1. The van der Waals surface area contributed by atoms with Crippen LogP contribution in [0.2, 0.25) is 0 Å². The predicted octanol–water partition coefficient (Wildman–Crippen LogP) is -0.273. The van der Waals surface area contributed by atoms with Gasteiger partial charge in [-0.3, -0.25) is 0 Å². The molecule has 0 bridgehead atoms. The summed E-state index contributed by atoms with van der Waals surface area (Å²) in [6, 6.07) is 0. The standard InChI is InChI=1S/C7H11N5O2/c13-12(14)7-6(5-9-10-7)11-3-1-8-2-4-11/h5,8H,1-4H2,(H,9,10). The fourth-order valence-corrected chi connectivity index (χ4v) is 1.54. The molecule has 2 heterocycles. The van der Waals surface area contributed by atoms with Gasteiger partial charge in [-0.05, 0) is 4.92 Å². The molecule has 0 aromatic carbocycles. The third kappa shape index (κ3) is 1.53. The lowest BCUT2D eigenvalue weighted by molar-refractivity contribution is -0.388. The van der Waals surface area contributed by atoms with Crippen LogP contribution in [0.3, 0.4) is 0 Å². The van der Waals surface area contributed by atoms with Gasteiger partial charge in [0.05, 0.1) is 0 Å². The van der Waals surface area contributed by atoms with Gasteiger partial charge in [-0.1, -0.05) is 5.10 Å². The molecule has 1 saturated heterocycles. The molecule has 2 N–H and O–H groups in total. The maximum Gasteiger partial charge on any atom is 0.366 e. The first-order valence-electron chi connectivity index (χ1n) is 4.42. The van der Waals surface area contributed by atoms with Gasteiger partial charge >= 0.3 is 5.82 Å². The highest BCUT2D eigenvalue weighted by Gasteiger charge is 2.21. The first-order valence-corrected chi connectivity index (χ1v) is 4.42. The summed E-state index contributed by atoms with van der Waals surface area (Å²) >= 11 is 0. The van der Waals surface area contributed by atoms with Gasteiger partial charge in [0.2, 0.25) is 0 Å². The second-order valence-electron chi connectivity index (χ2n) is 3.10. The van der Waals surface area contributed by atoms with Gasteiger partial charge in [0.25, 0.3) is 0 Å². The molecule has 0 unspecified atom stereocenters. The summed E-state index contributed by atoms with van der Waals surface area (Å²) < 4.78 is 0. The smallest absolute Gasteiger partial charge is 0.361 e. The molecule has 0 amide bonds. The van der Waals surface area contributed by atoms with Crippen LogP contribution in [0.4, 0.5) is 11.5 Å². The molecule has 0 spiro atoms. The number of rotatable bonds is 2. The molecule has 1 aromatic rings. The van der Waals surface area contributed by atoms with Crippen molar-refractivity contribution in [1.82, 2.24) is 15.5 Å². The minimum Gasteiger partial charge on any atom is -0.361 e. The number of aromatic amines is 1. The van der Waals surface area contributed by atoms with Crippen LogP contribution < -0.4 is 10.2 Å². The van der Waals surface area contributed by atoms with E-state index in [0.29, 0.717) is 5.69 Å². The fraction of sp³-hybridized carbons (Fsp3) is 0.571. The Morgan fingerprint density at radius 1 is 1.50 bits per heavy atom. The Labute approximate surface area is 80.2 Å². The number of nitrogens with one attached hydrogen (secondary N) is 2. The Hall–Kier alpha value is -1.63. The number of H-pyrrole nitrogens is 1. The van der Waals surface area contributed by atoms with Gasteiger partial charge in [0.15, 0.2) is 5.69 Å². The van der Waals surface area contributed by atoms with E-state index < -0.39 is 4.92 Å². The van der Waals surface area contributed by atoms with E-state index in [9.17, 15) is 10.1 Å². The van der Waals surface area contributed by atoms with E-state index >= 15 is 0 Å². The molecule has 1 aliphatic rings. The van der Waals surface area contributed by atoms with Crippen LogP contribution in [0.5, 0.6) is 0 Å². The zero-order valence-corrected chi connectivity index (χ0v) is 7.56. The lowest BCUT2D eigenvalue weighted by Gasteiger charge is -2.27. The lowest BCUT2D eigenvalue weighted by atomic mass is 10.3. The second-order valence-corrected chi connectivity index (χ2v) is 3.10. The molecule has 1 fully saturated rings. The summed E-state index contributed by atoms with van der Waals surface area (Å²) in [5.74, 6) is -0.0214. The van der Waals surface area contributed by atoms with Crippen LogP contribution >= 0.6 is 0 Å². The van der Waals surface area contributed by atoms with Gasteiger partial charge < -0.3 is 20.3 Å². The Balaban J connectivity index is 2.21. The average molecular weight is 197 g/mol. The highest BCUT2D eigenvalue weighted by atomic mass is 16.6. The first kappa shape index (κ1) is 8.95. The van der Waals surface area contributed by atoms with Crippen molar-refractivity contribution in [2.75, 3.05) is 31.1 Å². The summed E-state index contributed by atoms with van der Waals surface area (Å²) in [6.07, 6.45) is 1.50. The van der Waals surface area contributed by atoms with Crippen molar-refractivity contribution in [3.63, 3.8) is 0 Å². The third-order valence-electron chi connectivity index (χ3n) is 2.24. The lowest BCUT2D eigenvalue weighted by Crippen LogP contribution is -2.43. The molecule has 0 aliphatic carbocycles. The maximum absolute atomic E-state index is 10.6. The Kier molecular flexibility index (Phi) is 2.32. The largest absolute Gasteiger partial charge is 0.366 e. The Morgan fingerprint density at radius 3 is 2.86 bits per heavy atom. The van der Waals surface area contributed by atoms with Crippen molar-refractivity contribution >= 4 is 11.5 Å². The molecular weight excluding hydrogens is 186 g/mol. The van der Waals surface area contributed by atoms with Crippen LogP contribution in [0, 0.1) is 10.1 Å². The van der Waals surface area contributed by atoms with Crippen molar-refractivity contribution < 1.29 is 4.92 Å². The minimum absolute atomic E-state index is 0.0214. The van der Waals surface area contributed by atoms with Gasteiger partial charge in [-0.2, -0.15) is 0 Å². The van der Waals surface area contributed by atoms with Crippen LogP contribution in [0.25, 0.3) is 0 Å². The number of nitrogens with zero attached hydrogens (tertiary/aromatic N) is 3. The average Bonchev–Trinajstić information content (AvgIpc) is 2.67. The third-order valence-corrected chi connectivity index (χ3v) is 2.24. The number of piperazine rings is 1. The summed E-state index contributed by atoms with van der Waals surface area (Å²) in [7, 11) is 0. The molecule has 7 heteroatoms. The highest BCUT2D eigenvalue weighted by Crippen LogP contribution is 2.24. The zero-order valence-electron chi connectivity index (χ0n) is 7.56. The second kappa shape index (κ2) is 3.62. The van der Waals surface area contributed by atoms with Gasteiger partial charge in [0.1, 0.15) is 6.20 Å². The number of nitro groups is 1. The van der Waals surface area contributed by atoms with E-state index in [1.165, 1.54) is 6.20 Å². The molecule has 0 saturated carbocycles. The van der Waals surface area contributed by atoms with E-state index in [4.69, 9.17) is 0 Å². The summed E-state index contributed by atoms with van der Waals surface area (Å²) in [4.78, 5) is 12.1. The van der Waals surface area contributed by atoms with Gasteiger partial charge in [-0.15, -0.1) is 5.10 Å². The topological polar surface area (TPSA) is 87.1 Å². The molecule has 7 nitrogen and oxygen atoms in total. The van der Waals surface area contributed by atoms with Gasteiger partial charge in [0, 0.05) is 26.2 Å². The van der Waals surface area contributed by atoms with Crippen molar-refractivity contribution in [3.8, 4) is 0 Å². The van der Waals surface area contributed by atoms with Crippen LogP contribution in [0.15, 0.2) is 6.20 Å². The Bertz CT molecular complexity index is 331. The maximum atomic E-state index is 10.6. The monoisotopic (exact) mass is 197 g/mol. The van der Waals surface area contributed by atoms with E-state index in [0.717, 1.165) is 26.2 Å². The summed E-state index contributed by atoms with van der Waals surface area (Å²) in [5, 5.41) is 19.9. The zero-order chi connectivity index (χ0) is 9.97. The van der Waals surface area contributed by atoms with Crippen molar-refractivity contribution in [2.45, 2.75) is 0 Å². The molecule has 0 radical (unpaired) electrons. The number of hydrogen-bond acceptors (Lipinski definition) is 5. The van der Waals surface area contributed by atoms with E-state index in [2.05, 4.69) is 15.5 Å². The van der Waals surface area contributed by atoms with E-state index in [1.54, 1.807) is 0 Å². The molecule has 76 valence electrons. The van der Waals surface area contributed by atoms with Crippen LogP contribution in [-0.4, -0.2) is 41.3 Å². The van der Waals surface area contributed by atoms with E-state index in [1.807, 2.05) is 4.90 Å². The first-order chi connectivity index (χ1) is 6.79. The molecule has 0 atom stereocenters. The normalized spacial score (nSPS) is 17.0. The quantitative estimate of drug-likeness (QED) is 0.503. The predicted molar refractivity (Wildman–Crippen MR) is 50.3 cm³/mol. The molecule has 1 aliphatic heterocycles. The Morgan fingerprint density at radius 2 is 2.21 bits per heavy atom. The summed E-state index contributed by atoms with van der Waals surface area (Å²) in [5.41, 5.74) is 0.580. The molecular formula is C7H11N5O2. The number of aromatic nitrogens is 2. The number of hydrogen-bond donors (Lipinski definition) is 2. The van der Waals surface area contributed by atoms with Crippen molar-refractivity contribution in [3.05, 3.63) is 16.3 Å². The minimum atomic E-state index is -0.440. The molecule has 14 heavy (non-hydrogen) atoms. The summed E-state index contributed by atoms with van der Waals surface area (Å²) in [6.45, 7) is 3.26. The van der Waals surface area contributed by atoms with Crippen LogP contribution in [-0.2, 0) is 0 Å². The van der Waals surface area contributed by atoms with Gasteiger partial charge in [-0.25, -0.2) is 0 Å². The highest BCUT2D eigenvalue weighted by molar-refractivity contribution is 5.58. The molecule has 2 rings (SSSR count).